The van der Waals surface area contributed by atoms with Gasteiger partial charge in [0.05, 0.1) is 18.8 Å². The fourth-order valence-corrected chi connectivity index (χ4v) is 1.38. The molecule has 0 aliphatic carbocycles. The molecule has 0 heterocycles. The van der Waals surface area contributed by atoms with E-state index in [2.05, 4.69) is 12.6 Å². The molecular formula is C15H19NO2. The molecule has 1 rings (SSSR count). The summed E-state index contributed by atoms with van der Waals surface area (Å²) >= 11 is 0. The molecule has 1 aromatic carbocycles. The summed E-state index contributed by atoms with van der Waals surface area (Å²) in [5.74, 6) is 0.641. The lowest BCUT2D eigenvalue weighted by Gasteiger charge is -2.08. The molecule has 0 amide bonds. The van der Waals surface area contributed by atoms with Gasteiger partial charge in [0.1, 0.15) is 11.8 Å². The average Bonchev–Trinajstić information content (AvgIpc) is 2.37. The maximum Gasteiger partial charge on any atom is 0.137 e. The molecule has 1 aromatic rings. The summed E-state index contributed by atoms with van der Waals surface area (Å²) in [5, 5.41) is 8.88. The molecule has 0 radical (unpaired) electrons. The first-order valence-corrected chi connectivity index (χ1v) is 6.08. The van der Waals surface area contributed by atoms with Gasteiger partial charge in [-0.05, 0) is 25.5 Å². The van der Waals surface area contributed by atoms with E-state index >= 15 is 0 Å². The molecule has 0 N–H and O–H groups in total. The van der Waals surface area contributed by atoms with Crippen molar-refractivity contribution in [3.05, 3.63) is 42.0 Å². The van der Waals surface area contributed by atoms with Gasteiger partial charge in [0, 0.05) is 13.0 Å². The van der Waals surface area contributed by atoms with Gasteiger partial charge >= 0.3 is 0 Å². The topological polar surface area (TPSA) is 42.2 Å². The zero-order valence-electron chi connectivity index (χ0n) is 10.8. The molecule has 0 bridgehead atoms. The van der Waals surface area contributed by atoms with Crippen molar-refractivity contribution >= 4 is 0 Å². The summed E-state index contributed by atoms with van der Waals surface area (Å²) in [7, 11) is 0. The van der Waals surface area contributed by atoms with Gasteiger partial charge in [-0.2, -0.15) is 5.26 Å². The van der Waals surface area contributed by atoms with E-state index in [1.807, 2.05) is 19.1 Å². The van der Waals surface area contributed by atoms with Crippen LogP contribution in [0.2, 0.25) is 0 Å². The number of nitriles is 1. The second kappa shape index (κ2) is 8.32. The molecule has 0 aromatic heterocycles. The Balaban J connectivity index is 2.15. The Morgan fingerprint density at radius 2 is 2.06 bits per heavy atom. The van der Waals surface area contributed by atoms with Gasteiger partial charge < -0.3 is 9.47 Å². The summed E-state index contributed by atoms with van der Waals surface area (Å²) in [6.07, 6.45) is 1.72. The first kappa shape index (κ1) is 14.3. The highest BCUT2D eigenvalue weighted by molar-refractivity contribution is 5.42. The third-order valence-electron chi connectivity index (χ3n) is 2.37. The minimum Gasteiger partial charge on any atom is -0.492 e. The van der Waals surface area contributed by atoms with Gasteiger partial charge in [0.15, 0.2) is 0 Å². The Hall–Kier alpha value is -1.79. The van der Waals surface area contributed by atoms with Crippen molar-refractivity contribution < 1.29 is 9.47 Å². The molecule has 0 unspecified atom stereocenters. The molecule has 0 aliphatic heterocycles. The number of rotatable bonds is 8. The standard InChI is InChI=1S/C15H19NO2/c1-13(2)8-11-17-9-5-10-18-15-7-4-3-6-14(15)12-16/h3-4,6-7H,1,5,8-11H2,2H3. The van der Waals surface area contributed by atoms with Crippen LogP contribution < -0.4 is 4.74 Å². The third-order valence-corrected chi connectivity index (χ3v) is 2.37. The average molecular weight is 245 g/mol. The Kier molecular flexibility index (Phi) is 6.60. The number of para-hydroxylation sites is 1. The first-order valence-electron chi connectivity index (χ1n) is 6.08. The summed E-state index contributed by atoms with van der Waals surface area (Å²) in [4.78, 5) is 0. The van der Waals surface area contributed by atoms with Crippen LogP contribution in [-0.4, -0.2) is 19.8 Å². The fourth-order valence-electron chi connectivity index (χ4n) is 1.38. The van der Waals surface area contributed by atoms with Gasteiger partial charge in [-0.15, -0.1) is 6.58 Å². The largest absolute Gasteiger partial charge is 0.492 e. The van der Waals surface area contributed by atoms with Crippen LogP contribution in [0.5, 0.6) is 5.75 Å². The van der Waals surface area contributed by atoms with E-state index < -0.39 is 0 Å². The normalized spacial score (nSPS) is 9.78. The smallest absolute Gasteiger partial charge is 0.137 e. The number of hydrogen-bond acceptors (Lipinski definition) is 3. The molecule has 0 atom stereocenters. The zero-order chi connectivity index (χ0) is 13.2. The lowest BCUT2D eigenvalue weighted by molar-refractivity contribution is 0.122. The van der Waals surface area contributed by atoms with E-state index in [1.165, 1.54) is 0 Å². The van der Waals surface area contributed by atoms with Crippen LogP contribution in [0, 0.1) is 11.3 Å². The lowest BCUT2D eigenvalue weighted by Crippen LogP contribution is -2.04. The monoisotopic (exact) mass is 245 g/mol. The highest BCUT2D eigenvalue weighted by Crippen LogP contribution is 2.16. The van der Waals surface area contributed by atoms with E-state index in [-0.39, 0.29) is 0 Å². The third kappa shape index (κ3) is 5.51. The Morgan fingerprint density at radius 1 is 1.28 bits per heavy atom. The molecule has 0 spiro atoms. The minimum absolute atomic E-state index is 0.561. The number of benzene rings is 1. The van der Waals surface area contributed by atoms with Gasteiger partial charge in [0.2, 0.25) is 0 Å². The first-order chi connectivity index (χ1) is 8.74. The zero-order valence-corrected chi connectivity index (χ0v) is 10.8. The van der Waals surface area contributed by atoms with Crippen molar-refractivity contribution in [2.75, 3.05) is 19.8 Å². The molecule has 3 nitrogen and oxygen atoms in total. The maximum absolute atomic E-state index is 8.88. The van der Waals surface area contributed by atoms with Crippen LogP contribution in [0.1, 0.15) is 25.3 Å². The maximum atomic E-state index is 8.88. The fraction of sp³-hybridized carbons (Fsp3) is 0.400. The van der Waals surface area contributed by atoms with Crippen molar-refractivity contribution in [2.45, 2.75) is 19.8 Å². The van der Waals surface area contributed by atoms with Crippen LogP contribution in [0.25, 0.3) is 0 Å². The molecule has 96 valence electrons. The molecule has 0 aliphatic rings. The van der Waals surface area contributed by atoms with Crippen LogP contribution in [0.15, 0.2) is 36.4 Å². The highest BCUT2D eigenvalue weighted by Gasteiger charge is 2.00. The van der Waals surface area contributed by atoms with Crippen molar-refractivity contribution in [3.63, 3.8) is 0 Å². The van der Waals surface area contributed by atoms with Crippen LogP contribution in [0.3, 0.4) is 0 Å². The van der Waals surface area contributed by atoms with Crippen molar-refractivity contribution in [1.82, 2.24) is 0 Å². The number of nitrogens with zero attached hydrogens (tertiary/aromatic N) is 1. The minimum atomic E-state index is 0.561. The van der Waals surface area contributed by atoms with E-state index in [0.29, 0.717) is 31.1 Å². The second-order valence-corrected chi connectivity index (χ2v) is 4.13. The molecular weight excluding hydrogens is 226 g/mol. The number of ether oxygens (including phenoxy) is 2. The van der Waals surface area contributed by atoms with Gasteiger partial charge in [-0.3, -0.25) is 0 Å². The van der Waals surface area contributed by atoms with Crippen molar-refractivity contribution in [2.24, 2.45) is 0 Å². The summed E-state index contributed by atoms with van der Waals surface area (Å²) < 4.78 is 11.0. The highest BCUT2D eigenvalue weighted by atomic mass is 16.5. The summed E-state index contributed by atoms with van der Waals surface area (Å²) in [6.45, 7) is 7.75. The summed E-state index contributed by atoms with van der Waals surface area (Å²) in [5.41, 5.74) is 1.70. The van der Waals surface area contributed by atoms with Gasteiger partial charge in [-0.25, -0.2) is 0 Å². The summed E-state index contributed by atoms with van der Waals surface area (Å²) in [6, 6.07) is 9.34. The number of hydrogen-bond donors (Lipinski definition) is 0. The molecule has 18 heavy (non-hydrogen) atoms. The molecule has 0 saturated heterocycles. The van der Waals surface area contributed by atoms with Gasteiger partial charge in [0.25, 0.3) is 0 Å². The Labute approximate surface area is 109 Å². The predicted octanol–water partition coefficient (Wildman–Crippen LogP) is 3.31. The second-order valence-electron chi connectivity index (χ2n) is 4.13. The van der Waals surface area contributed by atoms with Gasteiger partial charge in [-0.1, -0.05) is 17.7 Å². The quantitative estimate of drug-likeness (QED) is 0.521. The van der Waals surface area contributed by atoms with Crippen molar-refractivity contribution in [1.29, 1.82) is 5.26 Å². The SMILES string of the molecule is C=C(C)CCOCCCOc1ccccc1C#N. The van der Waals surface area contributed by atoms with Crippen LogP contribution in [-0.2, 0) is 4.74 Å². The Bertz CT molecular complexity index is 421. The molecule has 0 saturated carbocycles. The van der Waals surface area contributed by atoms with E-state index in [4.69, 9.17) is 14.7 Å². The van der Waals surface area contributed by atoms with Crippen LogP contribution in [0.4, 0.5) is 0 Å². The van der Waals surface area contributed by atoms with Crippen LogP contribution >= 0.6 is 0 Å². The van der Waals surface area contributed by atoms with E-state index in [0.717, 1.165) is 18.4 Å². The lowest BCUT2D eigenvalue weighted by atomic mass is 10.2. The molecule has 0 fully saturated rings. The van der Waals surface area contributed by atoms with Crippen molar-refractivity contribution in [3.8, 4) is 11.8 Å². The Morgan fingerprint density at radius 3 is 2.78 bits per heavy atom. The predicted molar refractivity (Wildman–Crippen MR) is 71.5 cm³/mol. The van der Waals surface area contributed by atoms with E-state index in [1.54, 1.807) is 12.1 Å². The molecule has 3 heteroatoms. The van der Waals surface area contributed by atoms with E-state index in [9.17, 15) is 0 Å².